The second-order valence-electron chi connectivity index (χ2n) is 5.89. The van der Waals surface area contributed by atoms with Gasteiger partial charge in [0.05, 0.1) is 10.6 Å². The Balaban J connectivity index is 1.75. The summed E-state index contributed by atoms with van der Waals surface area (Å²) < 4.78 is 11.0. The number of para-hydroxylation sites is 1. The summed E-state index contributed by atoms with van der Waals surface area (Å²) in [6.45, 7) is 2.64. The molecule has 7 heteroatoms. The van der Waals surface area contributed by atoms with Crippen molar-refractivity contribution in [1.29, 1.82) is 0 Å². The lowest BCUT2D eigenvalue weighted by Crippen LogP contribution is -2.29. The molecule has 3 aromatic rings. The molecule has 0 saturated heterocycles. The number of rotatable bonds is 8. The highest BCUT2D eigenvalue weighted by atomic mass is 35.5. The summed E-state index contributed by atoms with van der Waals surface area (Å²) in [4.78, 5) is 16.3. The van der Waals surface area contributed by atoms with Gasteiger partial charge in [0.25, 0.3) is 11.8 Å². The van der Waals surface area contributed by atoms with Crippen molar-refractivity contribution in [1.82, 2.24) is 15.5 Å². The van der Waals surface area contributed by atoms with Gasteiger partial charge in [-0.2, -0.15) is 4.98 Å². The van der Waals surface area contributed by atoms with Crippen LogP contribution in [0.25, 0.3) is 22.8 Å². The van der Waals surface area contributed by atoms with E-state index < -0.39 is 0 Å². The number of amides is 1. The number of unbranched alkanes of at least 4 members (excludes halogenated alkanes) is 1. The molecule has 1 aromatic heterocycles. The van der Waals surface area contributed by atoms with Crippen LogP contribution in [0.1, 0.15) is 19.8 Å². The fourth-order valence-electron chi connectivity index (χ4n) is 2.45. The van der Waals surface area contributed by atoms with Crippen LogP contribution >= 0.6 is 11.6 Å². The third-order valence-electron chi connectivity index (χ3n) is 3.87. The molecule has 0 spiro atoms. The van der Waals surface area contributed by atoms with Crippen molar-refractivity contribution in [3.05, 3.63) is 53.6 Å². The Kier molecular flexibility index (Phi) is 6.44. The van der Waals surface area contributed by atoms with Gasteiger partial charge in [0.1, 0.15) is 5.75 Å². The Morgan fingerprint density at radius 1 is 1.15 bits per heavy atom. The summed E-state index contributed by atoms with van der Waals surface area (Å²) in [6.07, 6.45) is 1.96. The maximum atomic E-state index is 11.9. The van der Waals surface area contributed by atoms with E-state index in [2.05, 4.69) is 22.4 Å². The van der Waals surface area contributed by atoms with Crippen molar-refractivity contribution >= 4 is 17.5 Å². The molecule has 0 radical (unpaired) electrons. The number of carbonyl (C=O) groups excluding carboxylic acids is 1. The number of hydrogen-bond acceptors (Lipinski definition) is 5. The molecule has 0 aliphatic carbocycles. The van der Waals surface area contributed by atoms with E-state index in [9.17, 15) is 4.79 Å². The second kappa shape index (κ2) is 9.19. The largest absolute Gasteiger partial charge is 0.483 e. The van der Waals surface area contributed by atoms with E-state index in [0.29, 0.717) is 40.2 Å². The molecule has 0 aliphatic heterocycles. The number of ether oxygens (including phenoxy) is 1. The van der Waals surface area contributed by atoms with E-state index in [1.54, 1.807) is 18.2 Å². The van der Waals surface area contributed by atoms with Crippen molar-refractivity contribution in [2.24, 2.45) is 0 Å². The molecule has 1 heterocycles. The van der Waals surface area contributed by atoms with Gasteiger partial charge in [-0.1, -0.05) is 54.4 Å². The van der Waals surface area contributed by atoms with Crippen LogP contribution in [0.5, 0.6) is 5.75 Å². The van der Waals surface area contributed by atoms with Crippen LogP contribution in [0.3, 0.4) is 0 Å². The van der Waals surface area contributed by atoms with Crippen molar-refractivity contribution in [2.45, 2.75) is 19.8 Å². The summed E-state index contributed by atoms with van der Waals surface area (Å²) >= 11 is 6.19. The third-order valence-corrected chi connectivity index (χ3v) is 4.20. The fourth-order valence-corrected chi connectivity index (χ4v) is 2.67. The lowest BCUT2D eigenvalue weighted by molar-refractivity contribution is -0.123. The number of nitrogens with one attached hydrogen (secondary N) is 1. The zero-order valence-electron chi connectivity index (χ0n) is 14.9. The van der Waals surface area contributed by atoms with Crippen LogP contribution in [-0.2, 0) is 4.79 Å². The number of carbonyl (C=O) groups is 1. The standard InChI is InChI=1S/C20H20ClN3O3/c1-2-3-12-22-18(25)13-26-17-11-7-5-9-15(17)20-23-19(24-27-20)14-8-4-6-10-16(14)21/h4-11H,2-3,12-13H2,1H3,(H,22,25). The molecule has 6 nitrogen and oxygen atoms in total. The van der Waals surface area contributed by atoms with Crippen LogP contribution in [0.2, 0.25) is 5.02 Å². The maximum Gasteiger partial charge on any atom is 0.262 e. The molecular formula is C20H20ClN3O3. The van der Waals surface area contributed by atoms with Crippen molar-refractivity contribution in [2.75, 3.05) is 13.2 Å². The number of aromatic nitrogens is 2. The average molecular weight is 386 g/mol. The van der Waals surface area contributed by atoms with Gasteiger partial charge in [-0.05, 0) is 30.7 Å². The van der Waals surface area contributed by atoms with Crippen LogP contribution in [0.15, 0.2) is 53.1 Å². The Morgan fingerprint density at radius 2 is 1.89 bits per heavy atom. The summed E-state index contributed by atoms with van der Waals surface area (Å²) in [7, 11) is 0. The summed E-state index contributed by atoms with van der Waals surface area (Å²) in [5, 5.41) is 7.36. The average Bonchev–Trinajstić information content (AvgIpc) is 3.17. The lowest BCUT2D eigenvalue weighted by Gasteiger charge is -2.09. The van der Waals surface area contributed by atoms with Crippen molar-refractivity contribution < 1.29 is 14.1 Å². The van der Waals surface area contributed by atoms with Gasteiger partial charge in [-0.15, -0.1) is 0 Å². The molecule has 0 saturated carbocycles. The first kappa shape index (κ1) is 18.9. The van der Waals surface area contributed by atoms with Crippen molar-refractivity contribution in [3.8, 4) is 28.6 Å². The second-order valence-corrected chi connectivity index (χ2v) is 6.30. The Labute approximate surface area is 162 Å². The first-order valence-corrected chi connectivity index (χ1v) is 9.14. The topological polar surface area (TPSA) is 77.2 Å². The Hall–Kier alpha value is -2.86. The highest BCUT2D eigenvalue weighted by Gasteiger charge is 2.16. The van der Waals surface area contributed by atoms with E-state index in [1.807, 2.05) is 30.3 Å². The zero-order valence-corrected chi connectivity index (χ0v) is 15.7. The molecule has 27 heavy (non-hydrogen) atoms. The molecule has 0 bridgehead atoms. The minimum atomic E-state index is -0.166. The number of nitrogens with zero attached hydrogens (tertiary/aromatic N) is 2. The molecule has 140 valence electrons. The van der Waals surface area contributed by atoms with Crippen LogP contribution in [0.4, 0.5) is 0 Å². The molecule has 1 amide bonds. The zero-order chi connectivity index (χ0) is 19.1. The predicted molar refractivity (Wildman–Crippen MR) is 104 cm³/mol. The van der Waals surface area contributed by atoms with Crippen LogP contribution < -0.4 is 10.1 Å². The summed E-state index contributed by atoms with van der Waals surface area (Å²) in [5.74, 6) is 1.02. The lowest BCUT2D eigenvalue weighted by atomic mass is 10.2. The first-order valence-electron chi connectivity index (χ1n) is 8.76. The normalized spacial score (nSPS) is 10.6. The quantitative estimate of drug-likeness (QED) is 0.583. The molecule has 0 fully saturated rings. The molecule has 2 aromatic carbocycles. The summed E-state index contributed by atoms with van der Waals surface area (Å²) in [6, 6.07) is 14.5. The van der Waals surface area contributed by atoms with Crippen LogP contribution in [0, 0.1) is 0 Å². The number of halogens is 1. The Bertz CT molecular complexity index is 911. The SMILES string of the molecule is CCCCNC(=O)COc1ccccc1-c1nc(-c2ccccc2Cl)no1. The minimum absolute atomic E-state index is 0.0771. The van der Waals surface area contributed by atoms with E-state index in [1.165, 1.54) is 0 Å². The molecule has 0 atom stereocenters. The highest BCUT2D eigenvalue weighted by Crippen LogP contribution is 2.31. The van der Waals surface area contributed by atoms with E-state index in [0.717, 1.165) is 12.8 Å². The molecule has 1 N–H and O–H groups in total. The monoisotopic (exact) mass is 385 g/mol. The van der Waals surface area contributed by atoms with E-state index in [4.69, 9.17) is 20.9 Å². The maximum absolute atomic E-state index is 11.9. The van der Waals surface area contributed by atoms with E-state index in [-0.39, 0.29) is 12.5 Å². The van der Waals surface area contributed by atoms with Gasteiger partial charge in [-0.3, -0.25) is 4.79 Å². The van der Waals surface area contributed by atoms with Gasteiger partial charge in [0, 0.05) is 12.1 Å². The highest BCUT2D eigenvalue weighted by molar-refractivity contribution is 6.33. The van der Waals surface area contributed by atoms with E-state index >= 15 is 0 Å². The third kappa shape index (κ3) is 4.86. The van der Waals surface area contributed by atoms with Gasteiger partial charge >= 0.3 is 0 Å². The van der Waals surface area contributed by atoms with Gasteiger partial charge in [0.15, 0.2) is 6.61 Å². The smallest absolute Gasteiger partial charge is 0.262 e. The summed E-state index contributed by atoms with van der Waals surface area (Å²) in [5.41, 5.74) is 1.30. The number of hydrogen-bond donors (Lipinski definition) is 1. The fraction of sp³-hybridized carbons (Fsp3) is 0.250. The van der Waals surface area contributed by atoms with Gasteiger partial charge < -0.3 is 14.6 Å². The van der Waals surface area contributed by atoms with Crippen molar-refractivity contribution in [3.63, 3.8) is 0 Å². The van der Waals surface area contributed by atoms with Gasteiger partial charge in [-0.25, -0.2) is 0 Å². The minimum Gasteiger partial charge on any atom is -0.483 e. The first-order chi connectivity index (χ1) is 13.2. The van der Waals surface area contributed by atoms with Crippen LogP contribution in [-0.4, -0.2) is 29.2 Å². The van der Waals surface area contributed by atoms with Gasteiger partial charge in [0.2, 0.25) is 5.82 Å². The predicted octanol–water partition coefficient (Wildman–Crippen LogP) is 4.35. The molecule has 0 unspecified atom stereocenters. The molecule has 0 aliphatic rings. The molecule has 3 rings (SSSR count). The molecular weight excluding hydrogens is 366 g/mol. The Morgan fingerprint density at radius 3 is 2.67 bits per heavy atom. The number of benzene rings is 2.